The third-order valence-electron chi connectivity index (χ3n) is 11.2. The number of likely N-dealkylation sites (N-methyl/N-ethyl adjacent to an activating group) is 1. The number of H-pyrrole nitrogens is 1. The zero-order valence-electron chi connectivity index (χ0n) is 21.6. The molecule has 3 aliphatic carbocycles. The molecule has 9 atom stereocenters. The topological polar surface area (TPSA) is 108 Å². The van der Waals surface area contributed by atoms with Crippen LogP contribution in [0.3, 0.4) is 0 Å². The van der Waals surface area contributed by atoms with E-state index in [0.717, 1.165) is 22.0 Å². The van der Waals surface area contributed by atoms with Gasteiger partial charge in [-0.05, 0) is 81.3 Å². The van der Waals surface area contributed by atoms with Crippen LogP contribution in [0, 0.1) is 11.3 Å². The smallest absolute Gasteiger partial charge is 0.171 e. The highest BCUT2D eigenvalue weighted by Crippen LogP contribution is 2.74. The Balaban J connectivity index is 1.30. The number of halogens is 2. The maximum Gasteiger partial charge on any atom is 0.171 e. The van der Waals surface area contributed by atoms with Crippen LogP contribution in [-0.4, -0.2) is 80.2 Å². The number of anilines is 1. The number of hydrogen-bond donors (Lipinski definition) is 4. The number of fused-ring (bicyclic) bond motifs is 2. The summed E-state index contributed by atoms with van der Waals surface area (Å²) in [7, 11) is 3.62. The van der Waals surface area contributed by atoms with E-state index in [4.69, 9.17) is 10.5 Å². The number of hydrogen-bond acceptors (Lipinski definition) is 6. The summed E-state index contributed by atoms with van der Waals surface area (Å²) in [6.07, 6.45) is 1.09. The number of aromatic nitrogens is 2. The molecule has 9 unspecified atom stereocenters. The highest BCUT2D eigenvalue weighted by molar-refractivity contribution is 5.92. The van der Waals surface area contributed by atoms with Gasteiger partial charge in [0.15, 0.2) is 11.5 Å². The SMILES string of the molecule is CN(C)C1CC23CCC4(O2)C2CC=C(c5ccc6[nH]nc(N)c6c5)C2(C)CCC4(F)CC3(F)C(O)C1O. The van der Waals surface area contributed by atoms with Gasteiger partial charge in [0.05, 0.1) is 11.6 Å². The Hall–Kier alpha value is -2.07. The minimum atomic E-state index is -2.33. The number of nitrogens with zero attached hydrogens (tertiary/aromatic N) is 2. The van der Waals surface area contributed by atoms with Gasteiger partial charge in [0.25, 0.3) is 0 Å². The third kappa shape index (κ3) is 2.67. The number of alkyl halides is 2. The molecule has 0 amide bonds. The summed E-state index contributed by atoms with van der Waals surface area (Å²) >= 11 is 0. The van der Waals surface area contributed by atoms with Crippen LogP contribution < -0.4 is 5.73 Å². The first-order chi connectivity index (χ1) is 17.4. The predicted octanol–water partition coefficient (Wildman–Crippen LogP) is 3.51. The normalized spacial score (nSPS) is 48.6. The van der Waals surface area contributed by atoms with Gasteiger partial charge in [0.2, 0.25) is 0 Å². The minimum absolute atomic E-state index is 0.148. The Bertz CT molecular complexity index is 1330. The molecule has 200 valence electrons. The van der Waals surface area contributed by atoms with Crippen LogP contribution in [0.1, 0.15) is 57.4 Å². The molecule has 5 N–H and O–H groups in total. The summed E-state index contributed by atoms with van der Waals surface area (Å²) in [4.78, 5) is 1.81. The summed E-state index contributed by atoms with van der Waals surface area (Å²) in [6.45, 7) is 2.20. The second kappa shape index (κ2) is 7.11. The lowest BCUT2D eigenvalue weighted by atomic mass is 9.51. The second-order valence-electron chi connectivity index (χ2n) is 12.9. The summed E-state index contributed by atoms with van der Waals surface area (Å²) in [5.74, 6) is 0.292. The quantitative estimate of drug-likeness (QED) is 0.489. The van der Waals surface area contributed by atoms with Crippen molar-refractivity contribution < 1.29 is 23.7 Å². The number of aromatic amines is 1. The van der Waals surface area contributed by atoms with Gasteiger partial charge in [-0.25, -0.2) is 8.78 Å². The van der Waals surface area contributed by atoms with Gasteiger partial charge >= 0.3 is 0 Å². The Morgan fingerprint density at radius 2 is 1.95 bits per heavy atom. The molecular formula is C28H36F2N4O3. The zero-order valence-corrected chi connectivity index (χ0v) is 21.6. The first-order valence-corrected chi connectivity index (χ1v) is 13.5. The molecule has 2 bridgehead atoms. The van der Waals surface area contributed by atoms with Gasteiger partial charge in [-0.1, -0.05) is 19.1 Å². The lowest BCUT2D eigenvalue weighted by molar-refractivity contribution is -0.347. The largest absolute Gasteiger partial charge is 0.389 e. The van der Waals surface area contributed by atoms with Crippen molar-refractivity contribution >= 4 is 22.3 Å². The highest BCUT2D eigenvalue weighted by Gasteiger charge is 2.82. The van der Waals surface area contributed by atoms with Crippen LogP contribution in [0.2, 0.25) is 0 Å². The molecule has 0 radical (unpaired) electrons. The van der Waals surface area contributed by atoms with E-state index in [1.165, 1.54) is 0 Å². The molecule has 1 aromatic heterocycles. The van der Waals surface area contributed by atoms with Gasteiger partial charge in [-0.15, -0.1) is 0 Å². The predicted molar refractivity (Wildman–Crippen MR) is 136 cm³/mol. The van der Waals surface area contributed by atoms with E-state index in [1.807, 2.05) is 31.1 Å². The van der Waals surface area contributed by atoms with E-state index in [1.54, 1.807) is 0 Å². The van der Waals surface area contributed by atoms with Crippen LogP contribution >= 0.6 is 0 Å². The summed E-state index contributed by atoms with van der Waals surface area (Å²) < 4.78 is 40.9. The number of nitrogens with two attached hydrogens (primary N) is 1. The Kier molecular flexibility index (Phi) is 4.61. The first-order valence-electron chi connectivity index (χ1n) is 13.5. The van der Waals surface area contributed by atoms with Gasteiger partial charge in [0, 0.05) is 23.8 Å². The number of aliphatic hydroxyl groups is 2. The molecular weight excluding hydrogens is 478 g/mol. The molecule has 5 aliphatic rings. The van der Waals surface area contributed by atoms with Crippen molar-refractivity contribution in [3.63, 3.8) is 0 Å². The standard InChI is InChI=1S/C28H36F2N4O3/c1-24-8-9-25(29)14-27(30)22(36)21(35)19(34(2)3)13-26(27)10-11-28(25,37-26)20(24)7-5-17(24)15-4-6-18-16(12-15)23(31)33-32-18/h4-6,12,19-22,35-36H,7-11,13-14H2,1-3H3,(H3,31,32,33). The van der Waals surface area contributed by atoms with Crippen molar-refractivity contribution in [1.29, 1.82) is 0 Å². The summed E-state index contributed by atoms with van der Waals surface area (Å²) in [6, 6.07) is 5.61. The molecule has 1 aromatic carbocycles. The fourth-order valence-electron chi connectivity index (χ4n) is 9.18. The fourth-order valence-corrected chi connectivity index (χ4v) is 9.18. The zero-order chi connectivity index (χ0) is 26.2. The third-order valence-corrected chi connectivity index (χ3v) is 11.2. The average Bonchev–Trinajstić information content (AvgIpc) is 3.52. The number of nitrogens with one attached hydrogen (secondary N) is 1. The molecule has 2 aliphatic heterocycles. The summed E-state index contributed by atoms with van der Waals surface area (Å²) in [5.41, 5.74) is 2.09. The van der Waals surface area contributed by atoms with E-state index >= 15 is 8.78 Å². The lowest BCUT2D eigenvalue weighted by Crippen LogP contribution is -2.78. The Morgan fingerprint density at radius 3 is 2.70 bits per heavy atom. The number of rotatable bonds is 2. The van der Waals surface area contributed by atoms with Crippen molar-refractivity contribution in [2.45, 2.75) is 92.7 Å². The molecule has 7 nitrogen and oxygen atoms in total. The lowest BCUT2D eigenvalue weighted by Gasteiger charge is -2.65. The fraction of sp³-hybridized carbons (Fsp3) is 0.679. The van der Waals surface area contributed by atoms with E-state index in [0.29, 0.717) is 31.5 Å². The van der Waals surface area contributed by atoms with Crippen molar-refractivity contribution in [2.75, 3.05) is 19.8 Å². The van der Waals surface area contributed by atoms with E-state index in [2.05, 4.69) is 29.3 Å². The molecule has 7 rings (SSSR count). The van der Waals surface area contributed by atoms with E-state index in [9.17, 15) is 10.2 Å². The molecule has 37 heavy (non-hydrogen) atoms. The molecule has 2 aromatic rings. The van der Waals surface area contributed by atoms with Gasteiger partial charge in [0.1, 0.15) is 23.0 Å². The van der Waals surface area contributed by atoms with Crippen LogP contribution in [0.15, 0.2) is 24.3 Å². The molecule has 3 heterocycles. The first kappa shape index (κ1) is 24.0. The molecule has 2 saturated heterocycles. The maximum absolute atomic E-state index is 17.2. The van der Waals surface area contributed by atoms with Crippen molar-refractivity contribution in [2.24, 2.45) is 11.3 Å². The number of aliphatic hydroxyl groups excluding tert-OH is 2. The van der Waals surface area contributed by atoms with Gasteiger partial charge < -0.3 is 25.6 Å². The Morgan fingerprint density at radius 1 is 1.16 bits per heavy atom. The maximum atomic E-state index is 17.2. The number of allylic oxidation sites excluding steroid dienone is 2. The Labute approximate surface area is 215 Å². The molecule has 4 fully saturated rings. The second-order valence-corrected chi connectivity index (χ2v) is 12.9. The molecule has 2 saturated carbocycles. The van der Waals surface area contributed by atoms with Crippen LogP contribution in [0.5, 0.6) is 0 Å². The number of ether oxygens (including phenoxy) is 1. The van der Waals surface area contributed by atoms with Crippen LogP contribution in [0.4, 0.5) is 14.6 Å². The van der Waals surface area contributed by atoms with Crippen molar-refractivity contribution in [1.82, 2.24) is 15.1 Å². The monoisotopic (exact) mass is 514 g/mol. The highest BCUT2D eigenvalue weighted by atomic mass is 19.2. The van der Waals surface area contributed by atoms with Crippen molar-refractivity contribution in [3.8, 4) is 0 Å². The van der Waals surface area contributed by atoms with Gasteiger partial charge in [-0.2, -0.15) is 5.10 Å². The molecule has 9 heteroatoms. The number of nitrogen functional groups attached to an aromatic ring is 1. The molecule has 2 spiro atoms. The van der Waals surface area contributed by atoms with E-state index in [-0.39, 0.29) is 24.2 Å². The van der Waals surface area contributed by atoms with E-state index < -0.39 is 47.2 Å². The minimum Gasteiger partial charge on any atom is -0.389 e. The average molecular weight is 515 g/mol. The van der Waals surface area contributed by atoms with Crippen LogP contribution in [-0.2, 0) is 4.74 Å². The summed E-state index contributed by atoms with van der Waals surface area (Å²) in [5, 5.41) is 29.8. The van der Waals surface area contributed by atoms with Gasteiger partial charge in [-0.3, -0.25) is 5.10 Å². The van der Waals surface area contributed by atoms with Crippen molar-refractivity contribution in [3.05, 3.63) is 29.8 Å². The number of benzene rings is 1. The van der Waals surface area contributed by atoms with Crippen LogP contribution in [0.25, 0.3) is 16.5 Å².